The molecule has 0 aliphatic carbocycles. The van der Waals surface area contributed by atoms with Gasteiger partial charge < -0.3 is 10.2 Å². The number of hydrogen-bond donors (Lipinski definition) is 2. The lowest BCUT2D eigenvalue weighted by atomic mass is 10.1. The third kappa shape index (κ3) is 1.86. The highest BCUT2D eigenvalue weighted by molar-refractivity contribution is 7.50. The van der Waals surface area contributed by atoms with Crippen LogP contribution in [0.1, 0.15) is 0 Å². The Labute approximate surface area is 124 Å². The van der Waals surface area contributed by atoms with Crippen molar-refractivity contribution in [3.05, 3.63) is 66.7 Å². The van der Waals surface area contributed by atoms with Gasteiger partial charge in [0, 0.05) is 34.1 Å². The molecule has 0 aliphatic rings. The van der Waals surface area contributed by atoms with E-state index in [1.165, 1.54) is 19.7 Å². The summed E-state index contributed by atoms with van der Waals surface area (Å²) < 4.78 is 2.49. The minimum absolute atomic E-state index is 0.179. The summed E-state index contributed by atoms with van der Waals surface area (Å²) in [4.78, 5) is 1.17. The molecular weight excluding hydrogens is 280 g/mol. The van der Waals surface area contributed by atoms with Crippen molar-refractivity contribution in [3.63, 3.8) is 0 Å². The number of rotatable bonds is 1. The molecule has 3 aromatic carbocycles. The second kappa shape index (κ2) is 4.50. The Kier molecular flexibility index (Phi) is 2.62. The minimum atomic E-state index is -0.179. The SMILES string of the molecule is Oc1ccc(-[s+]2c3ccccc3c3cc(O)ccc32)cc1. The van der Waals surface area contributed by atoms with Crippen LogP contribution in [0, 0.1) is 0 Å². The average Bonchev–Trinajstić information content (AvgIpc) is 2.82. The maximum absolute atomic E-state index is 9.79. The van der Waals surface area contributed by atoms with Crippen LogP contribution in [0.5, 0.6) is 11.5 Å². The van der Waals surface area contributed by atoms with Crippen molar-refractivity contribution in [2.45, 2.75) is 0 Å². The molecule has 1 atom stereocenters. The molecule has 4 aromatic rings. The Balaban J connectivity index is 2.17. The molecule has 0 amide bonds. The molecule has 0 fully saturated rings. The number of benzene rings is 3. The van der Waals surface area contributed by atoms with Crippen molar-refractivity contribution in [1.82, 2.24) is 0 Å². The second-order valence-corrected chi connectivity index (χ2v) is 6.94. The van der Waals surface area contributed by atoms with Crippen LogP contribution >= 0.6 is 10.5 Å². The first kappa shape index (κ1) is 12.2. The fraction of sp³-hybridized carbons (Fsp3) is 0. The number of aromatic hydroxyl groups is 2. The zero-order chi connectivity index (χ0) is 14.4. The second-order valence-electron chi connectivity index (χ2n) is 4.98. The lowest BCUT2D eigenvalue weighted by Gasteiger charge is -1.94. The first-order chi connectivity index (χ1) is 10.2. The Bertz CT molecular complexity index is 952. The summed E-state index contributed by atoms with van der Waals surface area (Å²) >= 11 is 0. The van der Waals surface area contributed by atoms with Gasteiger partial charge in [-0.05, 0) is 36.4 Å². The monoisotopic (exact) mass is 293 g/mol. The Morgan fingerprint density at radius 3 is 2.10 bits per heavy atom. The molecule has 4 rings (SSSR count). The highest BCUT2D eigenvalue weighted by Crippen LogP contribution is 2.49. The number of fused-ring (bicyclic) bond motifs is 3. The number of hydrogen-bond acceptors (Lipinski definition) is 2. The zero-order valence-corrected chi connectivity index (χ0v) is 12.0. The third-order valence-electron chi connectivity index (χ3n) is 3.65. The normalized spacial score (nSPS) is 12.1. The highest BCUT2D eigenvalue weighted by Gasteiger charge is 2.23. The van der Waals surface area contributed by atoms with E-state index in [1.807, 2.05) is 36.4 Å². The smallest absolute Gasteiger partial charge is 0.188 e. The molecule has 0 spiro atoms. The van der Waals surface area contributed by atoms with Crippen LogP contribution in [0.15, 0.2) is 66.7 Å². The third-order valence-corrected chi connectivity index (χ3v) is 5.99. The van der Waals surface area contributed by atoms with E-state index in [0.29, 0.717) is 5.75 Å². The molecule has 0 bridgehead atoms. The van der Waals surface area contributed by atoms with E-state index in [-0.39, 0.29) is 16.2 Å². The molecule has 0 radical (unpaired) electrons. The van der Waals surface area contributed by atoms with Gasteiger partial charge in [-0.3, -0.25) is 0 Å². The molecular formula is C18H13O2S+. The van der Waals surface area contributed by atoms with Gasteiger partial charge in [-0.15, -0.1) is 0 Å². The van der Waals surface area contributed by atoms with Crippen molar-refractivity contribution in [3.8, 4) is 16.4 Å². The van der Waals surface area contributed by atoms with Crippen LogP contribution in [0.4, 0.5) is 0 Å². The highest BCUT2D eigenvalue weighted by atomic mass is 32.2. The standard InChI is InChI=1S/C18H12O2S/c19-12-5-8-14(9-6-12)21-17-4-2-1-3-15(17)16-11-13(20)7-10-18(16)21/h1-11H,(H-,19,20)/p+1. The predicted octanol–water partition coefficient (Wildman–Crippen LogP) is 5.14. The van der Waals surface area contributed by atoms with Crippen LogP contribution in [-0.2, 0) is 0 Å². The van der Waals surface area contributed by atoms with Gasteiger partial charge in [-0.2, -0.15) is 0 Å². The van der Waals surface area contributed by atoms with Gasteiger partial charge in [0.2, 0.25) is 0 Å². The summed E-state index contributed by atoms with van der Waals surface area (Å²) in [7, 11) is -0.179. The number of thiophene rings is 1. The summed E-state index contributed by atoms with van der Waals surface area (Å²) in [5.74, 6) is 0.570. The molecule has 102 valence electrons. The Morgan fingerprint density at radius 2 is 1.29 bits per heavy atom. The van der Waals surface area contributed by atoms with E-state index in [4.69, 9.17) is 0 Å². The molecule has 0 aliphatic heterocycles. The lowest BCUT2D eigenvalue weighted by Crippen LogP contribution is -1.70. The first-order valence-electron chi connectivity index (χ1n) is 6.70. The summed E-state index contributed by atoms with van der Waals surface area (Å²) in [6, 6.07) is 21.3. The van der Waals surface area contributed by atoms with Gasteiger partial charge in [-0.25, -0.2) is 0 Å². The van der Waals surface area contributed by atoms with Crippen LogP contribution in [0.2, 0.25) is 0 Å². The van der Waals surface area contributed by atoms with Crippen LogP contribution in [-0.4, -0.2) is 10.2 Å². The maximum atomic E-state index is 9.79. The molecule has 21 heavy (non-hydrogen) atoms. The van der Waals surface area contributed by atoms with Gasteiger partial charge >= 0.3 is 0 Å². The van der Waals surface area contributed by atoms with E-state index in [9.17, 15) is 10.2 Å². The van der Waals surface area contributed by atoms with E-state index < -0.39 is 0 Å². The molecule has 1 unspecified atom stereocenters. The van der Waals surface area contributed by atoms with Crippen molar-refractivity contribution in [2.24, 2.45) is 0 Å². The molecule has 0 saturated heterocycles. The Morgan fingerprint density at radius 1 is 0.619 bits per heavy atom. The zero-order valence-electron chi connectivity index (χ0n) is 11.2. The fourth-order valence-corrected chi connectivity index (χ4v) is 5.09. The van der Waals surface area contributed by atoms with Crippen LogP contribution in [0.25, 0.3) is 25.1 Å². The van der Waals surface area contributed by atoms with Crippen LogP contribution < -0.4 is 0 Å². The maximum Gasteiger partial charge on any atom is 0.188 e. The first-order valence-corrected chi connectivity index (χ1v) is 7.92. The van der Waals surface area contributed by atoms with E-state index in [0.717, 1.165) is 5.39 Å². The molecule has 1 heterocycles. The average molecular weight is 293 g/mol. The van der Waals surface area contributed by atoms with Crippen molar-refractivity contribution >= 4 is 30.6 Å². The quantitative estimate of drug-likeness (QED) is 0.477. The van der Waals surface area contributed by atoms with E-state index >= 15 is 0 Å². The van der Waals surface area contributed by atoms with Crippen molar-refractivity contribution in [2.75, 3.05) is 0 Å². The van der Waals surface area contributed by atoms with Gasteiger partial charge in [-0.1, -0.05) is 12.1 Å². The summed E-state index contributed by atoms with van der Waals surface area (Å²) in [6.07, 6.45) is 0. The largest absolute Gasteiger partial charge is 0.508 e. The molecule has 1 aromatic heterocycles. The summed E-state index contributed by atoms with van der Waals surface area (Å²) in [5.41, 5.74) is 0. The van der Waals surface area contributed by atoms with Crippen molar-refractivity contribution < 1.29 is 10.2 Å². The van der Waals surface area contributed by atoms with E-state index in [2.05, 4.69) is 12.1 Å². The van der Waals surface area contributed by atoms with Crippen LogP contribution in [0.3, 0.4) is 0 Å². The van der Waals surface area contributed by atoms with E-state index in [1.54, 1.807) is 18.2 Å². The summed E-state index contributed by atoms with van der Waals surface area (Å²) in [5, 5.41) is 21.6. The van der Waals surface area contributed by atoms with Gasteiger partial charge in [0.25, 0.3) is 0 Å². The van der Waals surface area contributed by atoms with Gasteiger partial charge in [0.05, 0.1) is 5.39 Å². The number of phenolic OH excluding ortho intramolecular Hbond substituents is 2. The van der Waals surface area contributed by atoms with Crippen molar-refractivity contribution in [1.29, 1.82) is 0 Å². The molecule has 2 N–H and O–H groups in total. The topological polar surface area (TPSA) is 40.5 Å². The predicted molar refractivity (Wildman–Crippen MR) is 88.6 cm³/mol. The lowest BCUT2D eigenvalue weighted by molar-refractivity contribution is 0.475. The van der Waals surface area contributed by atoms with Gasteiger partial charge in [0.15, 0.2) is 14.3 Å². The summed E-state index contributed by atoms with van der Waals surface area (Å²) in [6.45, 7) is 0. The van der Waals surface area contributed by atoms with Gasteiger partial charge in [0.1, 0.15) is 11.5 Å². The molecule has 3 heteroatoms. The Hall–Kier alpha value is -2.52. The fourth-order valence-electron chi connectivity index (χ4n) is 2.73. The number of phenols is 2. The molecule has 2 nitrogen and oxygen atoms in total. The minimum Gasteiger partial charge on any atom is -0.508 e. The molecule has 0 saturated carbocycles.